The van der Waals surface area contributed by atoms with Gasteiger partial charge in [0, 0.05) is 49.5 Å². The van der Waals surface area contributed by atoms with Crippen molar-refractivity contribution in [2.24, 2.45) is 0 Å². The molecule has 0 bridgehead atoms. The standard InChI is InChI=1S/C23H25N5O4/c29-16-31-12-11-26-9-10-27(22(30)14-26)20-13-28(18-4-5-18)23-19(20)6-7-21(25-23)32-15-17-3-1-2-8-24-17/h1-3,6-8,13,16,18H,4-5,9-12,14-15H2. The lowest BCUT2D eigenvalue weighted by Gasteiger charge is -2.33. The summed E-state index contributed by atoms with van der Waals surface area (Å²) < 4.78 is 12.8. The molecule has 166 valence electrons. The molecule has 0 aromatic carbocycles. The summed E-state index contributed by atoms with van der Waals surface area (Å²) in [5.74, 6) is 0.578. The van der Waals surface area contributed by atoms with Gasteiger partial charge in [0.25, 0.3) is 6.47 Å². The van der Waals surface area contributed by atoms with Crippen LogP contribution in [0.2, 0.25) is 0 Å². The maximum atomic E-state index is 12.9. The number of hydrogen-bond acceptors (Lipinski definition) is 7. The zero-order valence-corrected chi connectivity index (χ0v) is 17.7. The molecule has 0 unspecified atom stereocenters. The molecule has 0 atom stereocenters. The Balaban J connectivity index is 1.36. The molecule has 32 heavy (non-hydrogen) atoms. The molecule has 3 aromatic rings. The van der Waals surface area contributed by atoms with Gasteiger partial charge in [-0.2, -0.15) is 4.98 Å². The van der Waals surface area contributed by atoms with E-state index >= 15 is 0 Å². The van der Waals surface area contributed by atoms with Gasteiger partial charge in [0.15, 0.2) is 0 Å². The van der Waals surface area contributed by atoms with Crippen LogP contribution < -0.4 is 9.64 Å². The van der Waals surface area contributed by atoms with Gasteiger partial charge in [-0.05, 0) is 31.0 Å². The summed E-state index contributed by atoms with van der Waals surface area (Å²) >= 11 is 0. The second-order valence-corrected chi connectivity index (χ2v) is 8.07. The molecular weight excluding hydrogens is 410 g/mol. The van der Waals surface area contributed by atoms with Crippen molar-refractivity contribution in [2.75, 3.05) is 37.7 Å². The van der Waals surface area contributed by atoms with Crippen molar-refractivity contribution < 1.29 is 19.1 Å². The highest BCUT2D eigenvalue weighted by Gasteiger charge is 2.31. The molecule has 9 nitrogen and oxygen atoms in total. The van der Waals surface area contributed by atoms with E-state index in [1.807, 2.05) is 40.1 Å². The Bertz CT molecular complexity index is 1110. The number of hydrogen-bond donors (Lipinski definition) is 0. The topological polar surface area (TPSA) is 89.8 Å². The minimum Gasteiger partial charge on any atom is -0.471 e. The van der Waals surface area contributed by atoms with Gasteiger partial charge in [0.2, 0.25) is 11.8 Å². The van der Waals surface area contributed by atoms with Crippen LogP contribution in [-0.2, 0) is 20.9 Å². The van der Waals surface area contributed by atoms with E-state index in [0.29, 0.717) is 51.2 Å². The van der Waals surface area contributed by atoms with Gasteiger partial charge in [-0.1, -0.05) is 6.07 Å². The van der Waals surface area contributed by atoms with Crippen LogP contribution in [0.3, 0.4) is 0 Å². The van der Waals surface area contributed by atoms with E-state index in [2.05, 4.69) is 15.7 Å². The van der Waals surface area contributed by atoms with Gasteiger partial charge in [0.1, 0.15) is 18.9 Å². The molecule has 2 fully saturated rings. The van der Waals surface area contributed by atoms with Gasteiger partial charge in [-0.3, -0.25) is 19.5 Å². The molecule has 4 heterocycles. The van der Waals surface area contributed by atoms with Crippen LogP contribution in [0.1, 0.15) is 24.6 Å². The Hall–Kier alpha value is -3.46. The first kappa shape index (κ1) is 20.4. The predicted molar refractivity (Wildman–Crippen MR) is 117 cm³/mol. The lowest BCUT2D eigenvalue weighted by atomic mass is 10.2. The molecule has 1 aliphatic heterocycles. The van der Waals surface area contributed by atoms with Crippen LogP contribution in [0.5, 0.6) is 5.88 Å². The number of carbonyl (C=O) groups is 2. The Morgan fingerprint density at radius 2 is 2.06 bits per heavy atom. The number of piperazine rings is 1. The second kappa shape index (κ2) is 8.96. The molecule has 0 N–H and O–H groups in total. The second-order valence-electron chi connectivity index (χ2n) is 8.07. The first-order valence-electron chi connectivity index (χ1n) is 10.8. The number of fused-ring (bicyclic) bond motifs is 1. The van der Waals surface area contributed by atoms with E-state index in [1.165, 1.54) is 0 Å². The SMILES string of the molecule is O=COCCN1CCN(c2cn(C3CC3)c3nc(OCc4ccccn4)ccc23)C(=O)C1. The van der Waals surface area contributed by atoms with Gasteiger partial charge >= 0.3 is 0 Å². The normalized spacial score (nSPS) is 17.0. The van der Waals surface area contributed by atoms with Crippen molar-refractivity contribution in [2.45, 2.75) is 25.5 Å². The molecule has 0 radical (unpaired) electrons. The maximum absolute atomic E-state index is 12.9. The summed E-state index contributed by atoms with van der Waals surface area (Å²) in [5.41, 5.74) is 2.58. The third-order valence-corrected chi connectivity index (χ3v) is 5.85. The van der Waals surface area contributed by atoms with Gasteiger partial charge in [-0.25, -0.2) is 0 Å². The van der Waals surface area contributed by atoms with Crippen molar-refractivity contribution in [3.05, 3.63) is 48.4 Å². The highest BCUT2D eigenvalue weighted by atomic mass is 16.5. The van der Waals surface area contributed by atoms with Crippen molar-refractivity contribution in [1.29, 1.82) is 0 Å². The molecule has 2 aliphatic rings. The summed E-state index contributed by atoms with van der Waals surface area (Å²) in [5, 5.41) is 0.952. The molecule has 5 rings (SSSR count). The van der Waals surface area contributed by atoms with Crippen LogP contribution >= 0.6 is 0 Å². The lowest BCUT2D eigenvalue weighted by molar-refractivity contribution is -0.129. The Morgan fingerprint density at radius 1 is 1.16 bits per heavy atom. The largest absolute Gasteiger partial charge is 0.471 e. The first-order valence-corrected chi connectivity index (χ1v) is 10.8. The van der Waals surface area contributed by atoms with Crippen molar-refractivity contribution in [3.8, 4) is 5.88 Å². The monoisotopic (exact) mass is 435 g/mol. The predicted octanol–water partition coefficient (Wildman–Crippen LogP) is 2.17. The van der Waals surface area contributed by atoms with Crippen LogP contribution in [0.15, 0.2) is 42.7 Å². The van der Waals surface area contributed by atoms with E-state index in [-0.39, 0.29) is 5.91 Å². The Morgan fingerprint density at radius 3 is 2.81 bits per heavy atom. The van der Waals surface area contributed by atoms with Crippen molar-refractivity contribution in [1.82, 2.24) is 19.4 Å². The van der Waals surface area contributed by atoms with Gasteiger partial charge in [-0.15, -0.1) is 0 Å². The minimum absolute atomic E-state index is 0.0349. The highest BCUT2D eigenvalue weighted by molar-refractivity contribution is 6.04. The zero-order valence-electron chi connectivity index (χ0n) is 17.7. The number of amides is 1. The summed E-state index contributed by atoms with van der Waals surface area (Å²) in [7, 11) is 0. The van der Waals surface area contributed by atoms with E-state index in [1.54, 1.807) is 6.20 Å². The zero-order chi connectivity index (χ0) is 21.9. The van der Waals surface area contributed by atoms with Crippen LogP contribution in [-0.4, -0.2) is 64.6 Å². The van der Waals surface area contributed by atoms with Crippen LogP contribution in [0.25, 0.3) is 11.0 Å². The molecule has 1 aliphatic carbocycles. The third-order valence-electron chi connectivity index (χ3n) is 5.85. The molecule has 1 saturated carbocycles. The summed E-state index contributed by atoms with van der Waals surface area (Å²) in [4.78, 5) is 36.2. The Labute approximate surface area is 185 Å². The summed E-state index contributed by atoms with van der Waals surface area (Å²) in [6.07, 6.45) is 6.03. The van der Waals surface area contributed by atoms with E-state index in [9.17, 15) is 9.59 Å². The smallest absolute Gasteiger partial charge is 0.293 e. The highest BCUT2D eigenvalue weighted by Crippen LogP contribution is 2.41. The number of anilines is 1. The number of ether oxygens (including phenoxy) is 2. The van der Waals surface area contributed by atoms with Crippen LogP contribution in [0.4, 0.5) is 5.69 Å². The van der Waals surface area contributed by atoms with Crippen molar-refractivity contribution in [3.63, 3.8) is 0 Å². The molecular formula is C23H25N5O4. The summed E-state index contributed by atoms with van der Waals surface area (Å²) in [6, 6.07) is 9.98. The maximum Gasteiger partial charge on any atom is 0.293 e. The minimum atomic E-state index is 0.0349. The first-order chi connectivity index (χ1) is 15.7. The fraction of sp³-hybridized carbons (Fsp3) is 0.391. The molecule has 3 aromatic heterocycles. The molecule has 9 heteroatoms. The number of pyridine rings is 2. The number of aromatic nitrogens is 3. The average Bonchev–Trinajstić information content (AvgIpc) is 3.60. The lowest BCUT2D eigenvalue weighted by Crippen LogP contribution is -2.51. The average molecular weight is 435 g/mol. The van der Waals surface area contributed by atoms with Crippen LogP contribution in [0, 0.1) is 0 Å². The van der Waals surface area contributed by atoms with Crippen molar-refractivity contribution >= 4 is 29.1 Å². The van der Waals surface area contributed by atoms with E-state index < -0.39 is 0 Å². The molecule has 1 saturated heterocycles. The Kier molecular flexibility index (Phi) is 5.72. The van der Waals surface area contributed by atoms with Gasteiger partial charge in [0.05, 0.1) is 17.9 Å². The van der Waals surface area contributed by atoms with Gasteiger partial charge < -0.3 is 18.9 Å². The number of rotatable bonds is 9. The number of nitrogens with zero attached hydrogens (tertiary/aromatic N) is 5. The fourth-order valence-electron chi connectivity index (χ4n) is 4.05. The fourth-order valence-corrected chi connectivity index (χ4v) is 4.05. The van der Waals surface area contributed by atoms with E-state index in [4.69, 9.17) is 14.5 Å². The molecule has 0 spiro atoms. The quantitative estimate of drug-likeness (QED) is 0.376. The van der Waals surface area contributed by atoms with E-state index in [0.717, 1.165) is 41.8 Å². The molecule has 1 amide bonds. The summed E-state index contributed by atoms with van der Waals surface area (Å²) in [6.45, 7) is 3.25. The third kappa shape index (κ3) is 4.29. The number of carbonyl (C=O) groups excluding carboxylic acids is 2.